The predicted molar refractivity (Wildman–Crippen MR) is 84.3 cm³/mol. The summed E-state index contributed by atoms with van der Waals surface area (Å²) in [6.45, 7) is 2.32. The van der Waals surface area contributed by atoms with Crippen LogP contribution in [0.2, 0.25) is 0 Å². The minimum Gasteiger partial charge on any atom is -0.397 e. The number of amides is 1. The Bertz CT molecular complexity index is 682. The van der Waals surface area contributed by atoms with Crippen molar-refractivity contribution in [3.8, 4) is 11.8 Å². The van der Waals surface area contributed by atoms with Gasteiger partial charge in [-0.05, 0) is 25.1 Å². The van der Waals surface area contributed by atoms with Gasteiger partial charge < -0.3 is 11.1 Å². The number of anilines is 1. The zero-order chi connectivity index (χ0) is 13.8. The van der Waals surface area contributed by atoms with Gasteiger partial charge in [-0.3, -0.25) is 4.79 Å². The average molecular weight is 337 g/mol. The first-order valence-electron chi connectivity index (χ1n) is 5.79. The Labute approximate surface area is 124 Å². The lowest BCUT2D eigenvalue weighted by Crippen LogP contribution is -2.24. The molecule has 19 heavy (non-hydrogen) atoms. The van der Waals surface area contributed by atoms with E-state index in [4.69, 9.17) is 5.73 Å². The van der Waals surface area contributed by atoms with Crippen LogP contribution < -0.4 is 11.1 Å². The van der Waals surface area contributed by atoms with Crippen LogP contribution in [0.5, 0.6) is 0 Å². The van der Waals surface area contributed by atoms with Crippen LogP contribution in [-0.2, 0) is 0 Å². The third-order valence-corrected chi connectivity index (χ3v) is 4.29. The first kappa shape index (κ1) is 13.9. The SMILES string of the molecule is CC#CCCNC(=O)c1sc2ccc(Br)cc2c1N. The maximum atomic E-state index is 12.0. The molecule has 0 aliphatic rings. The minimum atomic E-state index is -0.132. The van der Waals surface area contributed by atoms with Crippen molar-refractivity contribution in [1.29, 1.82) is 0 Å². The number of halogens is 1. The van der Waals surface area contributed by atoms with Crippen molar-refractivity contribution in [3.63, 3.8) is 0 Å². The zero-order valence-corrected chi connectivity index (χ0v) is 12.8. The molecule has 3 nitrogen and oxygen atoms in total. The average Bonchev–Trinajstić information content (AvgIpc) is 2.72. The van der Waals surface area contributed by atoms with Crippen LogP contribution >= 0.6 is 27.3 Å². The second-order valence-electron chi connectivity index (χ2n) is 3.92. The van der Waals surface area contributed by atoms with E-state index in [1.165, 1.54) is 11.3 Å². The predicted octanol–water partition coefficient (Wildman–Crippen LogP) is 3.39. The molecular formula is C14H13BrN2OS. The molecule has 2 rings (SSSR count). The van der Waals surface area contributed by atoms with Crippen molar-refractivity contribution < 1.29 is 4.79 Å². The monoisotopic (exact) mass is 336 g/mol. The highest BCUT2D eigenvalue weighted by Gasteiger charge is 2.15. The standard InChI is InChI=1S/C14H13BrN2OS/c1-2-3-4-7-17-14(18)13-12(16)10-8-9(15)5-6-11(10)19-13/h5-6,8H,4,7,16H2,1H3,(H,17,18). The van der Waals surface area contributed by atoms with Crippen LogP contribution in [0.3, 0.4) is 0 Å². The highest BCUT2D eigenvalue weighted by atomic mass is 79.9. The summed E-state index contributed by atoms with van der Waals surface area (Å²) in [7, 11) is 0. The Hall–Kier alpha value is -1.51. The fourth-order valence-corrected chi connectivity index (χ4v) is 3.08. The molecule has 0 radical (unpaired) electrons. The van der Waals surface area contributed by atoms with Gasteiger partial charge in [0.2, 0.25) is 0 Å². The first-order chi connectivity index (χ1) is 9.13. The van der Waals surface area contributed by atoms with E-state index in [1.54, 1.807) is 6.92 Å². The van der Waals surface area contributed by atoms with Crippen LogP contribution in [-0.4, -0.2) is 12.5 Å². The fraction of sp³-hybridized carbons (Fsp3) is 0.214. The number of hydrogen-bond acceptors (Lipinski definition) is 3. The van der Waals surface area contributed by atoms with E-state index in [1.807, 2.05) is 18.2 Å². The zero-order valence-electron chi connectivity index (χ0n) is 10.4. The Balaban J connectivity index is 2.22. The first-order valence-corrected chi connectivity index (χ1v) is 7.39. The molecule has 2 aromatic rings. The van der Waals surface area contributed by atoms with Gasteiger partial charge >= 0.3 is 0 Å². The van der Waals surface area contributed by atoms with Gasteiger partial charge in [-0.1, -0.05) is 15.9 Å². The van der Waals surface area contributed by atoms with E-state index in [2.05, 4.69) is 33.1 Å². The number of carbonyl (C=O) groups excluding carboxylic acids is 1. The van der Waals surface area contributed by atoms with Gasteiger partial charge in [0.15, 0.2) is 0 Å². The van der Waals surface area contributed by atoms with Gasteiger partial charge in [0.25, 0.3) is 5.91 Å². The van der Waals surface area contributed by atoms with Crippen molar-refractivity contribution in [2.75, 3.05) is 12.3 Å². The number of benzene rings is 1. The Morgan fingerprint density at radius 1 is 1.53 bits per heavy atom. The molecule has 1 amide bonds. The Morgan fingerprint density at radius 2 is 2.32 bits per heavy atom. The van der Waals surface area contributed by atoms with E-state index in [-0.39, 0.29) is 5.91 Å². The second-order valence-corrected chi connectivity index (χ2v) is 5.89. The maximum Gasteiger partial charge on any atom is 0.263 e. The number of hydrogen-bond donors (Lipinski definition) is 2. The highest BCUT2D eigenvalue weighted by Crippen LogP contribution is 2.35. The van der Waals surface area contributed by atoms with Crippen molar-refractivity contribution >= 4 is 48.9 Å². The van der Waals surface area contributed by atoms with Crippen molar-refractivity contribution in [2.24, 2.45) is 0 Å². The third kappa shape index (κ3) is 3.09. The van der Waals surface area contributed by atoms with Crippen LogP contribution in [0.25, 0.3) is 10.1 Å². The molecule has 0 aliphatic heterocycles. The molecule has 0 bridgehead atoms. The number of nitrogens with one attached hydrogen (secondary N) is 1. The van der Waals surface area contributed by atoms with Gasteiger partial charge in [0, 0.05) is 27.5 Å². The Morgan fingerprint density at radius 3 is 3.05 bits per heavy atom. The molecule has 3 N–H and O–H groups in total. The topological polar surface area (TPSA) is 55.1 Å². The molecule has 1 aromatic heterocycles. The van der Waals surface area contributed by atoms with Crippen LogP contribution in [0, 0.1) is 11.8 Å². The number of thiophene rings is 1. The molecular weight excluding hydrogens is 324 g/mol. The smallest absolute Gasteiger partial charge is 0.263 e. The van der Waals surface area contributed by atoms with E-state index in [0.717, 1.165) is 14.6 Å². The molecule has 0 saturated carbocycles. The van der Waals surface area contributed by atoms with Crippen molar-refractivity contribution in [3.05, 3.63) is 27.5 Å². The lowest BCUT2D eigenvalue weighted by Gasteiger charge is -2.01. The molecule has 98 valence electrons. The number of carbonyl (C=O) groups is 1. The van der Waals surface area contributed by atoms with Gasteiger partial charge in [0.1, 0.15) is 4.88 Å². The summed E-state index contributed by atoms with van der Waals surface area (Å²) in [4.78, 5) is 12.6. The van der Waals surface area contributed by atoms with Gasteiger partial charge in [-0.2, -0.15) is 0 Å². The molecule has 0 unspecified atom stereocenters. The van der Waals surface area contributed by atoms with Crippen LogP contribution in [0.4, 0.5) is 5.69 Å². The van der Waals surface area contributed by atoms with Gasteiger partial charge in [-0.25, -0.2) is 0 Å². The highest BCUT2D eigenvalue weighted by molar-refractivity contribution is 9.10. The summed E-state index contributed by atoms with van der Waals surface area (Å²) in [6.07, 6.45) is 0.651. The van der Waals surface area contributed by atoms with Crippen LogP contribution in [0.15, 0.2) is 22.7 Å². The Kier molecular flexibility index (Phi) is 4.46. The molecule has 1 aromatic carbocycles. The van der Waals surface area contributed by atoms with Gasteiger partial charge in [0.05, 0.1) is 5.69 Å². The molecule has 1 heterocycles. The number of fused-ring (bicyclic) bond motifs is 1. The lowest BCUT2D eigenvalue weighted by molar-refractivity contribution is 0.0959. The normalized spacial score (nSPS) is 10.0. The number of nitrogens with two attached hydrogens (primary N) is 1. The third-order valence-electron chi connectivity index (χ3n) is 2.61. The van der Waals surface area contributed by atoms with E-state index >= 15 is 0 Å². The van der Waals surface area contributed by atoms with E-state index in [9.17, 15) is 4.79 Å². The second kappa shape index (κ2) is 6.09. The summed E-state index contributed by atoms with van der Waals surface area (Å²) >= 11 is 4.82. The molecule has 0 saturated heterocycles. The molecule has 0 spiro atoms. The van der Waals surface area contributed by atoms with Crippen molar-refractivity contribution in [1.82, 2.24) is 5.32 Å². The van der Waals surface area contributed by atoms with Crippen molar-refractivity contribution in [2.45, 2.75) is 13.3 Å². The summed E-state index contributed by atoms with van der Waals surface area (Å²) in [5.74, 6) is 5.56. The number of rotatable bonds is 3. The maximum absolute atomic E-state index is 12.0. The molecule has 0 fully saturated rings. The number of nitrogen functional groups attached to an aromatic ring is 1. The van der Waals surface area contributed by atoms with E-state index in [0.29, 0.717) is 23.5 Å². The molecule has 5 heteroatoms. The molecule has 0 atom stereocenters. The quantitative estimate of drug-likeness (QED) is 0.666. The van der Waals surface area contributed by atoms with Gasteiger partial charge in [-0.15, -0.1) is 23.2 Å². The largest absolute Gasteiger partial charge is 0.397 e. The summed E-state index contributed by atoms with van der Waals surface area (Å²) in [5.41, 5.74) is 6.58. The minimum absolute atomic E-state index is 0.132. The lowest BCUT2D eigenvalue weighted by atomic mass is 10.2. The van der Waals surface area contributed by atoms with E-state index < -0.39 is 0 Å². The summed E-state index contributed by atoms with van der Waals surface area (Å²) in [5, 5.41) is 3.74. The summed E-state index contributed by atoms with van der Waals surface area (Å²) < 4.78 is 1.97. The summed E-state index contributed by atoms with van der Waals surface area (Å²) in [6, 6.07) is 5.83. The van der Waals surface area contributed by atoms with Crippen LogP contribution in [0.1, 0.15) is 23.0 Å². The fourth-order valence-electron chi connectivity index (χ4n) is 1.70. The molecule has 0 aliphatic carbocycles.